The Bertz CT molecular complexity index is 915. The van der Waals surface area contributed by atoms with Gasteiger partial charge in [0.05, 0.1) is 18.2 Å². The van der Waals surface area contributed by atoms with Crippen molar-refractivity contribution < 1.29 is 14.4 Å². The van der Waals surface area contributed by atoms with Crippen LogP contribution in [0, 0.1) is 5.92 Å². The number of ketones is 1. The first-order chi connectivity index (χ1) is 13.6. The van der Waals surface area contributed by atoms with Crippen molar-refractivity contribution in [2.24, 2.45) is 5.92 Å². The Morgan fingerprint density at radius 2 is 1.75 bits per heavy atom. The van der Waals surface area contributed by atoms with Gasteiger partial charge in [-0.05, 0) is 31.0 Å². The highest BCUT2D eigenvalue weighted by Crippen LogP contribution is 2.37. The van der Waals surface area contributed by atoms with Gasteiger partial charge in [-0.2, -0.15) is 0 Å². The molecule has 1 saturated heterocycles. The minimum absolute atomic E-state index is 0.0334. The van der Waals surface area contributed by atoms with Crippen molar-refractivity contribution in [2.45, 2.75) is 31.7 Å². The van der Waals surface area contributed by atoms with Crippen molar-refractivity contribution >= 4 is 35.0 Å². The van der Waals surface area contributed by atoms with Gasteiger partial charge in [0.15, 0.2) is 5.78 Å². The SMILES string of the molecule is O=C(CN1C(=O)N(c2cccc(Cl)c2)C(=O)C2CCCCC21)c1ccccc1. The molecule has 0 spiro atoms. The van der Waals surface area contributed by atoms with Gasteiger partial charge >= 0.3 is 6.03 Å². The van der Waals surface area contributed by atoms with E-state index in [9.17, 15) is 14.4 Å². The fourth-order valence-corrected chi connectivity index (χ4v) is 4.40. The average Bonchev–Trinajstić information content (AvgIpc) is 2.72. The standard InChI is InChI=1S/C22H21ClN2O3/c23-16-9-6-10-17(13-16)25-21(27)18-11-4-5-12-19(18)24(22(25)28)14-20(26)15-7-2-1-3-8-15/h1-3,6-10,13,18-19H,4-5,11-12,14H2. The minimum Gasteiger partial charge on any atom is -0.312 e. The summed E-state index contributed by atoms with van der Waals surface area (Å²) in [5.74, 6) is -0.604. The third-order valence-electron chi connectivity index (χ3n) is 5.58. The number of carbonyl (C=O) groups is 3. The molecular formula is C22H21ClN2O3. The second-order valence-electron chi connectivity index (χ2n) is 7.31. The van der Waals surface area contributed by atoms with Crippen LogP contribution in [0.5, 0.6) is 0 Å². The van der Waals surface area contributed by atoms with E-state index in [-0.39, 0.29) is 30.2 Å². The summed E-state index contributed by atoms with van der Waals surface area (Å²) >= 11 is 6.08. The van der Waals surface area contributed by atoms with Crippen LogP contribution in [0.2, 0.25) is 5.02 Å². The van der Waals surface area contributed by atoms with Crippen molar-refractivity contribution in [3.63, 3.8) is 0 Å². The summed E-state index contributed by atoms with van der Waals surface area (Å²) in [7, 11) is 0. The summed E-state index contributed by atoms with van der Waals surface area (Å²) in [6.45, 7) is -0.0334. The number of anilines is 1. The lowest BCUT2D eigenvalue weighted by molar-refractivity contribution is -0.126. The number of Topliss-reactive ketones (excluding diaryl/α,β-unsaturated/α-hetero) is 1. The number of fused-ring (bicyclic) bond motifs is 1. The Hall–Kier alpha value is -2.66. The van der Waals surface area contributed by atoms with Crippen LogP contribution < -0.4 is 4.90 Å². The molecule has 144 valence electrons. The number of urea groups is 1. The molecule has 2 fully saturated rings. The van der Waals surface area contributed by atoms with Crippen LogP contribution in [0.15, 0.2) is 54.6 Å². The molecule has 2 atom stereocenters. The fraction of sp³-hybridized carbons (Fsp3) is 0.318. The van der Waals surface area contributed by atoms with Gasteiger partial charge in [0.2, 0.25) is 5.91 Å². The van der Waals surface area contributed by atoms with Crippen molar-refractivity contribution in [2.75, 3.05) is 11.4 Å². The minimum atomic E-state index is -0.445. The van der Waals surface area contributed by atoms with Gasteiger partial charge in [0.25, 0.3) is 0 Å². The second-order valence-corrected chi connectivity index (χ2v) is 7.75. The smallest absolute Gasteiger partial charge is 0.312 e. The summed E-state index contributed by atoms with van der Waals surface area (Å²) in [6.07, 6.45) is 3.37. The highest BCUT2D eigenvalue weighted by atomic mass is 35.5. The maximum Gasteiger partial charge on any atom is 0.332 e. The number of amides is 3. The van der Waals surface area contributed by atoms with Crippen LogP contribution in [-0.2, 0) is 4.79 Å². The molecule has 5 nitrogen and oxygen atoms in total. The maximum atomic E-state index is 13.3. The van der Waals surface area contributed by atoms with E-state index in [1.807, 2.05) is 6.07 Å². The average molecular weight is 397 g/mol. The molecule has 2 unspecified atom stereocenters. The number of halogens is 1. The number of rotatable bonds is 4. The quantitative estimate of drug-likeness (QED) is 0.712. The van der Waals surface area contributed by atoms with Crippen LogP contribution in [0.25, 0.3) is 0 Å². The van der Waals surface area contributed by atoms with E-state index in [0.717, 1.165) is 25.7 Å². The Labute approximate surface area is 168 Å². The molecule has 2 aliphatic rings. The van der Waals surface area contributed by atoms with E-state index < -0.39 is 6.03 Å². The number of nitrogens with zero attached hydrogens (tertiary/aromatic N) is 2. The van der Waals surface area contributed by atoms with Crippen LogP contribution in [0.3, 0.4) is 0 Å². The molecule has 1 aliphatic heterocycles. The zero-order valence-electron chi connectivity index (χ0n) is 15.4. The van der Waals surface area contributed by atoms with Crippen LogP contribution >= 0.6 is 11.6 Å². The zero-order valence-corrected chi connectivity index (χ0v) is 16.1. The van der Waals surface area contributed by atoms with Gasteiger partial charge in [-0.15, -0.1) is 0 Å². The fourth-order valence-electron chi connectivity index (χ4n) is 4.21. The Balaban J connectivity index is 1.68. The molecule has 1 heterocycles. The number of carbonyl (C=O) groups excluding carboxylic acids is 3. The molecule has 2 aromatic rings. The molecule has 4 rings (SSSR count). The normalized spacial score (nSPS) is 22.2. The van der Waals surface area contributed by atoms with Crippen molar-refractivity contribution in [1.82, 2.24) is 4.90 Å². The number of benzene rings is 2. The monoisotopic (exact) mass is 396 g/mol. The molecule has 1 aliphatic carbocycles. The highest BCUT2D eigenvalue weighted by Gasteiger charge is 2.48. The van der Waals surface area contributed by atoms with Crippen LogP contribution in [0.1, 0.15) is 36.0 Å². The zero-order chi connectivity index (χ0) is 19.7. The molecule has 3 amide bonds. The largest absolute Gasteiger partial charge is 0.332 e. The van der Waals surface area contributed by atoms with Gasteiger partial charge in [0, 0.05) is 16.6 Å². The summed E-state index contributed by atoms with van der Waals surface area (Å²) in [4.78, 5) is 42.0. The van der Waals surface area contributed by atoms with E-state index in [2.05, 4.69) is 0 Å². The van der Waals surface area contributed by atoms with E-state index in [0.29, 0.717) is 16.3 Å². The van der Waals surface area contributed by atoms with Gasteiger partial charge in [-0.25, -0.2) is 9.69 Å². The predicted octanol–water partition coefficient (Wildman–Crippen LogP) is 4.55. The van der Waals surface area contributed by atoms with Gasteiger partial charge in [-0.1, -0.05) is 60.8 Å². The Morgan fingerprint density at radius 1 is 1.00 bits per heavy atom. The highest BCUT2D eigenvalue weighted by molar-refractivity contribution is 6.31. The van der Waals surface area contributed by atoms with Crippen molar-refractivity contribution in [3.05, 3.63) is 65.2 Å². The first-order valence-electron chi connectivity index (χ1n) is 9.54. The lowest BCUT2D eigenvalue weighted by Gasteiger charge is -2.46. The molecule has 2 aromatic carbocycles. The summed E-state index contributed by atoms with van der Waals surface area (Å²) < 4.78 is 0. The van der Waals surface area contributed by atoms with E-state index in [4.69, 9.17) is 11.6 Å². The first-order valence-corrected chi connectivity index (χ1v) is 9.92. The summed E-state index contributed by atoms with van der Waals surface area (Å²) in [5.41, 5.74) is 1.01. The molecule has 0 aromatic heterocycles. The number of hydrogen-bond acceptors (Lipinski definition) is 3. The first kappa shape index (κ1) is 18.7. The summed E-state index contributed by atoms with van der Waals surface area (Å²) in [5, 5.41) is 0.454. The van der Waals surface area contributed by atoms with Crippen molar-refractivity contribution in [3.8, 4) is 0 Å². The molecule has 0 bridgehead atoms. The van der Waals surface area contributed by atoms with Crippen molar-refractivity contribution in [1.29, 1.82) is 0 Å². The topological polar surface area (TPSA) is 57.7 Å². The van der Waals surface area contributed by atoms with Crippen LogP contribution in [0.4, 0.5) is 10.5 Å². The molecule has 1 saturated carbocycles. The van der Waals surface area contributed by atoms with Gasteiger partial charge in [-0.3, -0.25) is 9.59 Å². The number of imide groups is 1. The third-order valence-corrected chi connectivity index (χ3v) is 5.82. The van der Waals surface area contributed by atoms with E-state index >= 15 is 0 Å². The van der Waals surface area contributed by atoms with Gasteiger partial charge in [0.1, 0.15) is 0 Å². The Morgan fingerprint density at radius 3 is 2.50 bits per heavy atom. The summed E-state index contributed by atoms with van der Waals surface area (Å²) in [6, 6.07) is 15.0. The Kier molecular flexibility index (Phi) is 5.18. The van der Waals surface area contributed by atoms with E-state index in [1.165, 1.54) is 4.90 Å². The van der Waals surface area contributed by atoms with E-state index in [1.54, 1.807) is 53.4 Å². The molecule has 28 heavy (non-hydrogen) atoms. The number of hydrogen-bond donors (Lipinski definition) is 0. The third kappa shape index (κ3) is 3.42. The lowest BCUT2D eigenvalue weighted by atomic mass is 9.81. The van der Waals surface area contributed by atoms with Gasteiger partial charge < -0.3 is 4.90 Å². The molecule has 6 heteroatoms. The molecule has 0 radical (unpaired) electrons. The predicted molar refractivity (Wildman–Crippen MR) is 108 cm³/mol. The maximum absolute atomic E-state index is 13.3. The second kappa shape index (κ2) is 7.76. The molecular weight excluding hydrogens is 376 g/mol. The van der Waals surface area contributed by atoms with Crippen LogP contribution in [-0.4, -0.2) is 35.2 Å². The lowest BCUT2D eigenvalue weighted by Crippen LogP contribution is -2.63. The molecule has 0 N–H and O–H groups in total.